The van der Waals surface area contributed by atoms with E-state index in [1.54, 1.807) is 45.0 Å². The summed E-state index contributed by atoms with van der Waals surface area (Å²) in [4.78, 5) is 40.0. The fourth-order valence-electron chi connectivity index (χ4n) is 2.48. The number of carbonyl (C=O) groups excluding carboxylic acids is 2. The molecular weight excluding hydrogens is 334 g/mol. The summed E-state index contributed by atoms with van der Waals surface area (Å²) in [6, 6.07) is 8.98. The molecule has 0 saturated carbocycles. The average Bonchev–Trinajstić information content (AvgIpc) is 2.58. The van der Waals surface area contributed by atoms with Crippen molar-refractivity contribution in [2.75, 3.05) is 5.43 Å². The Labute approximate surface area is 151 Å². The van der Waals surface area contributed by atoms with Crippen molar-refractivity contribution in [3.63, 3.8) is 0 Å². The quantitative estimate of drug-likeness (QED) is 0.317. The number of aromatic nitrogens is 1. The van der Waals surface area contributed by atoms with Gasteiger partial charge in [-0.25, -0.2) is 5.84 Å². The maximum atomic E-state index is 12.8. The van der Waals surface area contributed by atoms with Crippen molar-refractivity contribution in [1.29, 1.82) is 0 Å². The molecule has 0 unspecified atom stereocenters. The Morgan fingerprint density at radius 2 is 1.81 bits per heavy atom. The van der Waals surface area contributed by atoms with Crippen molar-refractivity contribution in [3.8, 4) is 11.1 Å². The summed E-state index contributed by atoms with van der Waals surface area (Å²) in [7, 11) is 0. The summed E-state index contributed by atoms with van der Waals surface area (Å²) in [5, 5.41) is 0. The van der Waals surface area contributed by atoms with Gasteiger partial charge in [-0.2, -0.15) is 0 Å². The largest absolute Gasteiger partial charge is 0.460 e. The van der Waals surface area contributed by atoms with E-state index in [0.29, 0.717) is 11.1 Å². The maximum Gasteiger partial charge on any atom is 0.306 e. The summed E-state index contributed by atoms with van der Waals surface area (Å²) >= 11 is 0. The fraction of sp³-hybridized carbons (Fsp3) is 0.316. The molecule has 1 heterocycles. The van der Waals surface area contributed by atoms with Crippen LogP contribution in [-0.2, 0) is 9.53 Å². The minimum absolute atomic E-state index is 0.0996. The molecule has 1 aromatic heterocycles. The molecule has 0 aliphatic rings. The Morgan fingerprint density at radius 1 is 1.15 bits per heavy atom. The van der Waals surface area contributed by atoms with Gasteiger partial charge in [0.2, 0.25) is 5.43 Å². The molecule has 2 aromatic rings. The molecule has 7 heteroatoms. The van der Waals surface area contributed by atoms with Crippen LogP contribution in [0.2, 0.25) is 0 Å². The van der Waals surface area contributed by atoms with Crippen LogP contribution in [0.3, 0.4) is 0 Å². The van der Waals surface area contributed by atoms with Crippen LogP contribution in [-0.4, -0.2) is 22.3 Å². The van der Waals surface area contributed by atoms with Crippen molar-refractivity contribution in [1.82, 2.24) is 4.98 Å². The van der Waals surface area contributed by atoms with Gasteiger partial charge < -0.3 is 15.1 Å². The number of nitrogen functional groups attached to an aromatic ring is 1. The normalized spacial score (nSPS) is 11.1. The number of rotatable bonds is 6. The summed E-state index contributed by atoms with van der Waals surface area (Å²) in [6.45, 7) is 5.24. The Bertz CT molecular complexity index is 851. The molecule has 1 aromatic carbocycles. The van der Waals surface area contributed by atoms with Crippen molar-refractivity contribution in [2.24, 2.45) is 5.84 Å². The molecule has 0 aliphatic carbocycles. The van der Waals surface area contributed by atoms with E-state index in [0.717, 1.165) is 0 Å². The zero-order valence-corrected chi connectivity index (χ0v) is 15.1. The van der Waals surface area contributed by atoms with Crippen molar-refractivity contribution < 1.29 is 14.3 Å². The third-order valence-corrected chi connectivity index (χ3v) is 3.57. The van der Waals surface area contributed by atoms with Crippen molar-refractivity contribution >= 4 is 17.6 Å². The van der Waals surface area contributed by atoms with Gasteiger partial charge in [0.1, 0.15) is 17.0 Å². The van der Waals surface area contributed by atoms with Crippen LogP contribution in [0.25, 0.3) is 11.1 Å². The minimum Gasteiger partial charge on any atom is -0.460 e. The van der Waals surface area contributed by atoms with Gasteiger partial charge in [0.05, 0.1) is 6.42 Å². The lowest BCUT2D eigenvalue weighted by molar-refractivity contribution is -0.154. The number of carbonyl (C=O) groups is 2. The highest BCUT2D eigenvalue weighted by Crippen LogP contribution is 2.19. The summed E-state index contributed by atoms with van der Waals surface area (Å²) in [5.74, 6) is 4.56. The van der Waals surface area contributed by atoms with Gasteiger partial charge in [0, 0.05) is 18.2 Å². The Hall–Kier alpha value is -2.93. The Balaban J connectivity index is 2.28. The van der Waals surface area contributed by atoms with Gasteiger partial charge in [0.15, 0.2) is 5.78 Å². The number of pyridine rings is 1. The number of Topliss-reactive ketones (excluding diaryl/α,β-unsaturated/α-hetero) is 1. The molecule has 0 atom stereocenters. The van der Waals surface area contributed by atoms with Crippen LogP contribution in [0, 0.1) is 0 Å². The standard InChI is InChI=1S/C19H23N3O4/c1-19(2,3)26-15(24)10-9-14(23)16-17(25)13(11-21-18(16)22-20)12-7-5-4-6-8-12/h4-8,11H,9-10,20H2,1-3H3,(H2,21,22,25). The van der Waals surface area contributed by atoms with Gasteiger partial charge in [-0.1, -0.05) is 30.3 Å². The number of esters is 1. The van der Waals surface area contributed by atoms with E-state index in [2.05, 4.69) is 10.4 Å². The van der Waals surface area contributed by atoms with E-state index < -0.39 is 22.8 Å². The summed E-state index contributed by atoms with van der Waals surface area (Å²) < 4.78 is 5.19. The molecule has 0 fully saturated rings. The number of hydrogen-bond acceptors (Lipinski definition) is 6. The van der Waals surface area contributed by atoms with Gasteiger partial charge in [-0.3, -0.25) is 14.4 Å². The molecule has 0 saturated heterocycles. The number of hydrazine groups is 1. The zero-order chi connectivity index (χ0) is 19.3. The number of aromatic amines is 1. The molecule has 7 nitrogen and oxygen atoms in total. The van der Waals surface area contributed by atoms with E-state index in [-0.39, 0.29) is 24.2 Å². The molecule has 2 rings (SSSR count). The first kappa shape index (κ1) is 19.4. The third-order valence-electron chi connectivity index (χ3n) is 3.57. The lowest BCUT2D eigenvalue weighted by Gasteiger charge is -2.19. The van der Waals surface area contributed by atoms with E-state index >= 15 is 0 Å². The average molecular weight is 357 g/mol. The number of nitrogens with two attached hydrogens (primary N) is 1. The van der Waals surface area contributed by atoms with Crippen LogP contribution in [0.5, 0.6) is 0 Å². The highest BCUT2D eigenvalue weighted by Gasteiger charge is 2.22. The molecule has 0 radical (unpaired) electrons. The summed E-state index contributed by atoms with van der Waals surface area (Å²) in [5.41, 5.74) is 2.18. The lowest BCUT2D eigenvalue weighted by atomic mass is 10.0. The van der Waals surface area contributed by atoms with E-state index in [1.165, 1.54) is 6.20 Å². The predicted octanol–water partition coefficient (Wildman–Crippen LogP) is 2.63. The van der Waals surface area contributed by atoms with Crippen LogP contribution in [0.4, 0.5) is 5.82 Å². The maximum absolute atomic E-state index is 12.8. The number of ether oxygens (including phenoxy) is 1. The third kappa shape index (κ3) is 4.80. The minimum atomic E-state index is -0.630. The van der Waals surface area contributed by atoms with E-state index in [1.807, 2.05) is 6.07 Å². The van der Waals surface area contributed by atoms with Gasteiger partial charge in [-0.15, -0.1) is 0 Å². The second kappa shape index (κ2) is 7.97. The zero-order valence-electron chi connectivity index (χ0n) is 15.1. The monoisotopic (exact) mass is 357 g/mol. The number of hydrogen-bond donors (Lipinski definition) is 3. The molecule has 0 aliphatic heterocycles. The fourth-order valence-corrected chi connectivity index (χ4v) is 2.48. The molecule has 0 amide bonds. The predicted molar refractivity (Wildman–Crippen MR) is 99.7 cm³/mol. The molecule has 0 spiro atoms. The van der Waals surface area contributed by atoms with Gasteiger partial charge in [-0.05, 0) is 26.3 Å². The second-order valence-corrected chi connectivity index (χ2v) is 6.80. The summed E-state index contributed by atoms with van der Waals surface area (Å²) in [6.07, 6.45) is 1.23. The van der Waals surface area contributed by atoms with Gasteiger partial charge in [0.25, 0.3) is 0 Å². The highest BCUT2D eigenvalue weighted by atomic mass is 16.6. The lowest BCUT2D eigenvalue weighted by Crippen LogP contribution is -2.26. The van der Waals surface area contributed by atoms with Crippen LogP contribution in [0.1, 0.15) is 44.0 Å². The van der Waals surface area contributed by atoms with Crippen LogP contribution >= 0.6 is 0 Å². The first-order chi connectivity index (χ1) is 12.2. The number of benzene rings is 1. The second-order valence-electron chi connectivity index (χ2n) is 6.80. The molecule has 26 heavy (non-hydrogen) atoms. The highest BCUT2D eigenvalue weighted by molar-refractivity contribution is 6.02. The first-order valence-electron chi connectivity index (χ1n) is 8.25. The van der Waals surface area contributed by atoms with Crippen molar-refractivity contribution in [2.45, 2.75) is 39.2 Å². The van der Waals surface area contributed by atoms with Crippen LogP contribution in [0.15, 0.2) is 41.3 Å². The smallest absolute Gasteiger partial charge is 0.306 e. The molecule has 0 bridgehead atoms. The van der Waals surface area contributed by atoms with E-state index in [4.69, 9.17) is 10.6 Å². The number of H-pyrrole nitrogens is 1. The number of ketones is 1. The molecular formula is C19H23N3O4. The first-order valence-corrected chi connectivity index (χ1v) is 8.25. The van der Waals surface area contributed by atoms with Crippen molar-refractivity contribution in [3.05, 3.63) is 52.3 Å². The number of anilines is 1. The Morgan fingerprint density at radius 3 is 2.38 bits per heavy atom. The Kier molecular flexibility index (Phi) is 5.94. The molecule has 4 N–H and O–H groups in total. The topological polar surface area (TPSA) is 114 Å². The van der Waals surface area contributed by atoms with E-state index in [9.17, 15) is 14.4 Å². The SMILES string of the molecule is CC(C)(C)OC(=O)CCC(=O)c1c(NN)[nH]cc(-c2ccccc2)c1=O. The molecule has 138 valence electrons. The van der Waals surface area contributed by atoms with Gasteiger partial charge >= 0.3 is 5.97 Å². The number of nitrogens with one attached hydrogen (secondary N) is 2. The van der Waals surface area contributed by atoms with Crippen LogP contribution < -0.4 is 16.7 Å².